The zero-order valence-corrected chi connectivity index (χ0v) is 11.5. The fourth-order valence-electron chi connectivity index (χ4n) is 2.24. The predicted octanol–water partition coefficient (Wildman–Crippen LogP) is 1.73. The molecule has 0 aromatic carbocycles. The van der Waals surface area contributed by atoms with Gasteiger partial charge in [0.05, 0.1) is 13.2 Å². The third kappa shape index (κ3) is 3.72. The Morgan fingerprint density at radius 3 is 2.56 bits per heavy atom. The van der Waals surface area contributed by atoms with E-state index in [-0.39, 0.29) is 5.54 Å². The van der Waals surface area contributed by atoms with Gasteiger partial charge in [-0.1, -0.05) is 20.8 Å². The van der Waals surface area contributed by atoms with Crippen LogP contribution < -0.4 is 5.32 Å². The summed E-state index contributed by atoms with van der Waals surface area (Å²) in [5.74, 6) is 0.679. The van der Waals surface area contributed by atoms with E-state index < -0.39 is 0 Å². The van der Waals surface area contributed by atoms with Crippen LogP contribution in [-0.2, 0) is 4.74 Å². The van der Waals surface area contributed by atoms with Crippen molar-refractivity contribution < 1.29 is 4.74 Å². The highest BCUT2D eigenvalue weighted by Crippen LogP contribution is 2.20. The molecule has 3 nitrogen and oxygen atoms in total. The molecule has 1 saturated heterocycles. The van der Waals surface area contributed by atoms with Crippen LogP contribution in [0.4, 0.5) is 0 Å². The van der Waals surface area contributed by atoms with Gasteiger partial charge in [0.15, 0.2) is 0 Å². The molecule has 0 aromatic rings. The number of ether oxygens (including phenoxy) is 1. The van der Waals surface area contributed by atoms with Gasteiger partial charge in [0, 0.05) is 24.7 Å². The van der Waals surface area contributed by atoms with Crippen LogP contribution in [0.25, 0.3) is 0 Å². The lowest BCUT2D eigenvalue weighted by molar-refractivity contribution is -0.0561. The molecule has 1 aliphatic rings. The first-order valence-corrected chi connectivity index (χ1v) is 6.53. The normalized spacial score (nSPS) is 23.6. The van der Waals surface area contributed by atoms with Gasteiger partial charge in [-0.15, -0.1) is 0 Å². The zero-order valence-electron chi connectivity index (χ0n) is 11.5. The molecule has 0 aromatic heterocycles. The summed E-state index contributed by atoms with van der Waals surface area (Å²) in [5, 5.41) is 3.58. The van der Waals surface area contributed by atoms with E-state index in [1.807, 2.05) is 0 Å². The highest BCUT2D eigenvalue weighted by atomic mass is 16.5. The number of hydrogen-bond donors (Lipinski definition) is 1. The Kier molecular flexibility index (Phi) is 5.22. The first-order chi connectivity index (χ1) is 7.47. The van der Waals surface area contributed by atoms with Crippen LogP contribution in [0.5, 0.6) is 0 Å². The maximum absolute atomic E-state index is 5.55. The number of nitrogens with one attached hydrogen (secondary N) is 1. The van der Waals surface area contributed by atoms with Crippen molar-refractivity contribution in [2.24, 2.45) is 5.92 Å². The summed E-state index contributed by atoms with van der Waals surface area (Å²) in [5.41, 5.74) is 0.181. The molecule has 0 amide bonds. The lowest BCUT2D eigenvalue weighted by Crippen LogP contribution is -2.57. The van der Waals surface area contributed by atoms with Crippen LogP contribution in [0.3, 0.4) is 0 Å². The van der Waals surface area contributed by atoms with Crippen molar-refractivity contribution in [2.75, 3.05) is 32.8 Å². The first kappa shape index (κ1) is 13.9. The van der Waals surface area contributed by atoms with Crippen molar-refractivity contribution in [3.8, 4) is 0 Å². The summed E-state index contributed by atoms with van der Waals surface area (Å²) in [6, 6.07) is 0.586. The van der Waals surface area contributed by atoms with E-state index in [0.29, 0.717) is 12.0 Å². The van der Waals surface area contributed by atoms with Crippen LogP contribution in [0.2, 0.25) is 0 Å². The minimum absolute atomic E-state index is 0.181. The molecule has 16 heavy (non-hydrogen) atoms. The molecular weight excluding hydrogens is 200 g/mol. The minimum Gasteiger partial charge on any atom is -0.378 e. The second kappa shape index (κ2) is 5.99. The lowest BCUT2D eigenvalue weighted by Gasteiger charge is -2.44. The lowest BCUT2D eigenvalue weighted by atomic mass is 9.98. The number of likely N-dealkylation sites (N-methyl/N-ethyl adjacent to an activating group) is 1. The van der Waals surface area contributed by atoms with Gasteiger partial charge >= 0.3 is 0 Å². The van der Waals surface area contributed by atoms with Gasteiger partial charge in [0.25, 0.3) is 0 Å². The maximum Gasteiger partial charge on any atom is 0.0645 e. The van der Waals surface area contributed by atoms with Crippen LogP contribution in [0, 0.1) is 5.92 Å². The number of morpholine rings is 1. The fourth-order valence-corrected chi connectivity index (χ4v) is 2.24. The van der Waals surface area contributed by atoms with Gasteiger partial charge in [-0.2, -0.15) is 0 Å². The molecule has 1 heterocycles. The molecule has 1 rings (SSSR count). The molecule has 0 aliphatic carbocycles. The Labute approximate surface area is 101 Å². The van der Waals surface area contributed by atoms with E-state index in [9.17, 15) is 0 Å². The molecule has 1 unspecified atom stereocenters. The summed E-state index contributed by atoms with van der Waals surface area (Å²) in [6.07, 6.45) is 0. The van der Waals surface area contributed by atoms with Crippen LogP contribution in [0.1, 0.15) is 34.6 Å². The third-order valence-electron chi connectivity index (χ3n) is 3.51. The topological polar surface area (TPSA) is 24.5 Å². The van der Waals surface area contributed by atoms with Gasteiger partial charge in [-0.25, -0.2) is 0 Å². The molecule has 0 saturated carbocycles. The molecule has 1 fully saturated rings. The molecule has 3 heteroatoms. The number of nitrogens with zero attached hydrogens (tertiary/aromatic N) is 1. The maximum atomic E-state index is 5.55. The van der Waals surface area contributed by atoms with E-state index in [4.69, 9.17) is 4.74 Å². The first-order valence-electron chi connectivity index (χ1n) is 6.53. The summed E-state index contributed by atoms with van der Waals surface area (Å²) in [4.78, 5) is 2.56. The molecule has 0 bridgehead atoms. The van der Waals surface area contributed by atoms with Crippen LogP contribution in [-0.4, -0.2) is 49.3 Å². The van der Waals surface area contributed by atoms with Crippen molar-refractivity contribution >= 4 is 0 Å². The van der Waals surface area contributed by atoms with Gasteiger partial charge in [0.2, 0.25) is 0 Å². The summed E-state index contributed by atoms with van der Waals surface area (Å²) in [7, 11) is 0. The van der Waals surface area contributed by atoms with Crippen molar-refractivity contribution in [3.05, 3.63) is 0 Å². The van der Waals surface area contributed by atoms with E-state index in [0.717, 1.165) is 32.8 Å². The van der Waals surface area contributed by atoms with E-state index in [2.05, 4.69) is 44.8 Å². The highest BCUT2D eigenvalue weighted by molar-refractivity contribution is 4.87. The average Bonchev–Trinajstić information content (AvgIpc) is 2.19. The highest BCUT2D eigenvalue weighted by Gasteiger charge is 2.32. The minimum atomic E-state index is 0.181. The standard InChI is InChI=1S/C13H28N2O/c1-6-14-12(11(2)3)9-15-7-8-16-10-13(15,4)5/h11-12,14H,6-10H2,1-5H3. The Morgan fingerprint density at radius 1 is 1.38 bits per heavy atom. The predicted molar refractivity (Wildman–Crippen MR) is 68.8 cm³/mol. The SMILES string of the molecule is CCNC(CN1CCOCC1(C)C)C(C)C. The van der Waals surface area contributed by atoms with Crippen molar-refractivity contribution in [1.82, 2.24) is 10.2 Å². The molecular formula is C13H28N2O. The second-order valence-corrected chi connectivity index (χ2v) is 5.72. The molecule has 0 radical (unpaired) electrons. The van der Waals surface area contributed by atoms with Gasteiger partial charge in [-0.05, 0) is 26.3 Å². The third-order valence-corrected chi connectivity index (χ3v) is 3.51. The summed E-state index contributed by atoms with van der Waals surface area (Å²) < 4.78 is 5.55. The Morgan fingerprint density at radius 2 is 2.06 bits per heavy atom. The quantitative estimate of drug-likeness (QED) is 0.775. The van der Waals surface area contributed by atoms with Crippen molar-refractivity contribution in [1.29, 1.82) is 0 Å². The van der Waals surface area contributed by atoms with E-state index in [1.54, 1.807) is 0 Å². The molecule has 0 spiro atoms. The van der Waals surface area contributed by atoms with Gasteiger partial charge in [-0.3, -0.25) is 4.90 Å². The monoisotopic (exact) mass is 228 g/mol. The number of rotatable bonds is 5. The van der Waals surface area contributed by atoms with Gasteiger partial charge < -0.3 is 10.1 Å². The second-order valence-electron chi connectivity index (χ2n) is 5.72. The Bertz CT molecular complexity index is 204. The average molecular weight is 228 g/mol. The van der Waals surface area contributed by atoms with Crippen LogP contribution >= 0.6 is 0 Å². The van der Waals surface area contributed by atoms with Gasteiger partial charge in [0.1, 0.15) is 0 Å². The summed E-state index contributed by atoms with van der Waals surface area (Å²) >= 11 is 0. The zero-order chi connectivity index (χ0) is 12.2. The Hall–Kier alpha value is -0.120. The number of hydrogen-bond acceptors (Lipinski definition) is 3. The smallest absolute Gasteiger partial charge is 0.0645 e. The molecule has 1 N–H and O–H groups in total. The van der Waals surface area contributed by atoms with Crippen molar-refractivity contribution in [3.63, 3.8) is 0 Å². The van der Waals surface area contributed by atoms with E-state index >= 15 is 0 Å². The molecule has 1 aliphatic heterocycles. The van der Waals surface area contributed by atoms with Crippen molar-refractivity contribution in [2.45, 2.75) is 46.2 Å². The summed E-state index contributed by atoms with van der Waals surface area (Å²) in [6.45, 7) is 16.3. The molecule has 96 valence electrons. The molecule has 1 atom stereocenters. The largest absolute Gasteiger partial charge is 0.378 e. The van der Waals surface area contributed by atoms with Crippen LogP contribution in [0.15, 0.2) is 0 Å². The van der Waals surface area contributed by atoms with E-state index in [1.165, 1.54) is 0 Å². The fraction of sp³-hybridized carbons (Fsp3) is 1.00. The Balaban J connectivity index is 2.55.